The highest BCUT2D eigenvalue weighted by atomic mass is 16.3. The van der Waals surface area contributed by atoms with Gasteiger partial charge in [-0.05, 0) is 37.6 Å². The Morgan fingerprint density at radius 1 is 1.19 bits per heavy atom. The molecule has 0 aliphatic heterocycles. The van der Waals surface area contributed by atoms with Crippen molar-refractivity contribution < 1.29 is 9.21 Å². The standard InChI is InChI=1S/C21H20N4O2/c1-14-8-9-19(27-14)15(2)24-21(26)18-10-17-12-23-25(20(17)22-11-18)13-16-6-4-3-5-7-16/h3-12,15H,13H2,1-2H3,(H,24,26). The normalized spacial score (nSPS) is 12.2. The second-order valence-corrected chi connectivity index (χ2v) is 6.57. The summed E-state index contributed by atoms with van der Waals surface area (Å²) in [5.41, 5.74) is 2.40. The fourth-order valence-electron chi connectivity index (χ4n) is 3.01. The summed E-state index contributed by atoms with van der Waals surface area (Å²) in [5.74, 6) is 1.35. The lowest BCUT2D eigenvalue weighted by Gasteiger charge is -2.11. The van der Waals surface area contributed by atoms with Crippen LogP contribution in [0.1, 0.15) is 40.4 Å². The summed E-state index contributed by atoms with van der Waals surface area (Å²) < 4.78 is 7.40. The van der Waals surface area contributed by atoms with E-state index in [1.165, 1.54) is 0 Å². The molecule has 0 radical (unpaired) electrons. The van der Waals surface area contributed by atoms with Crippen LogP contribution in [0.25, 0.3) is 11.0 Å². The van der Waals surface area contributed by atoms with Crippen LogP contribution in [-0.4, -0.2) is 20.7 Å². The van der Waals surface area contributed by atoms with Gasteiger partial charge in [-0.1, -0.05) is 30.3 Å². The highest BCUT2D eigenvalue weighted by molar-refractivity contribution is 5.97. The molecule has 6 nitrogen and oxygen atoms in total. The molecule has 136 valence electrons. The first-order chi connectivity index (χ1) is 13.1. The van der Waals surface area contributed by atoms with E-state index in [0.29, 0.717) is 12.1 Å². The first kappa shape index (κ1) is 17.0. The average molecular weight is 360 g/mol. The van der Waals surface area contributed by atoms with Crippen molar-refractivity contribution in [3.05, 3.63) is 83.6 Å². The summed E-state index contributed by atoms with van der Waals surface area (Å²) in [5, 5.41) is 8.18. The van der Waals surface area contributed by atoms with Gasteiger partial charge in [-0.3, -0.25) is 4.79 Å². The minimum Gasteiger partial charge on any atom is -0.464 e. The number of amides is 1. The molecule has 4 aromatic rings. The second-order valence-electron chi connectivity index (χ2n) is 6.57. The molecule has 1 aromatic carbocycles. The van der Waals surface area contributed by atoms with Crippen molar-refractivity contribution in [2.45, 2.75) is 26.4 Å². The minimum absolute atomic E-state index is 0.193. The van der Waals surface area contributed by atoms with Gasteiger partial charge >= 0.3 is 0 Å². The van der Waals surface area contributed by atoms with E-state index in [-0.39, 0.29) is 11.9 Å². The Bertz CT molecular complexity index is 1080. The van der Waals surface area contributed by atoms with Crippen molar-refractivity contribution in [1.82, 2.24) is 20.1 Å². The van der Waals surface area contributed by atoms with Gasteiger partial charge < -0.3 is 9.73 Å². The van der Waals surface area contributed by atoms with E-state index >= 15 is 0 Å². The van der Waals surface area contributed by atoms with E-state index in [4.69, 9.17) is 4.42 Å². The van der Waals surface area contributed by atoms with Crippen LogP contribution >= 0.6 is 0 Å². The summed E-state index contributed by atoms with van der Waals surface area (Å²) in [6.07, 6.45) is 3.32. The molecule has 0 aliphatic carbocycles. The number of carbonyl (C=O) groups excluding carboxylic acids is 1. The number of nitrogens with one attached hydrogen (secondary N) is 1. The Labute approximate surface area is 156 Å². The molecule has 1 unspecified atom stereocenters. The number of rotatable bonds is 5. The molecular formula is C21H20N4O2. The molecule has 0 saturated heterocycles. The highest BCUT2D eigenvalue weighted by Crippen LogP contribution is 2.18. The number of carbonyl (C=O) groups is 1. The Morgan fingerprint density at radius 3 is 2.74 bits per heavy atom. The van der Waals surface area contributed by atoms with Gasteiger partial charge in [0.15, 0.2) is 5.65 Å². The van der Waals surface area contributed by atoms with E-state index in [1.807, 2.05) is 67.1 Å². The van der Waals surface area contributed by atoms with Crippen LogP contribution in [0.3, 0.4) is 0 Å². The predicted molar refractivity (Wildman–Crippen MR) is 102 cm³/mol. The van der Waals surface area contributed by atoms with Gasteiger partial charge in [-0.15, -0.1) is 0 Å². The molecule has 6 heteroatoms. The third-order valence-corrected chi connectivity index (χ3v) is 4.45. The molecule has 4 rings (SSSR count). The maximum Gasteiger partial charge on any atom is 0.253 e. The van der Waals surface area contributed by atoms with E-state index in [9.17, 15) is 4.79 Å². The van der Waals surface area contributed by atoms with Gasteiger partial charge in [0.25, 0.3) is 5.91 Å². The Morgan fingerprint density at radius 2 is 2.00 bits per heavy atom. The monoisotopic (exact) mass is 360 g/mol. The molecule has 0 bridgehead atoms. The van der Waals surface area contributed by atoms with Gasteiger partial charge in [0.2, 0.25) is 0 Å². The number of nitrogens with zero attached hydrogens (tertiary/aromatic N) is 3. The van der Waals surface area contributed by atoms with Crippen molar-refractivity contribution in [3.63, 3.8) is 0 Å². The van der Waals surface area contributed by atoms with Crippen LogP contribution in [0.5, 0.6) is 0 Å². The van der Waals surface area contributed by atoms with Gasteiger partial charge in [-0.25, -0.2) is 9.67 Å². The van der Waals surface area contributed by atoms with Gasteiger partial charge in [0, 0.05) is 11.6 Å². The number of pyridine rings is 1. The first-order valence-electron chi connectivity index (χ1n) is 8.83. The fourth-order valence-corrected chi connectivity index (χ4v) is 3.01. The molecule has 0 saturated carbocycles. The van der Waals surface area contributed by atoms with Crippen LogP contribution in [0.4, 0.5) is 0 Å². The minimum atomic E-state index is -0.220. The topological polar surface area (TPSA) is 73.0 Å². The summed E-state index contributed by atoms with van der Waals surface area (Å²) in [4.78, 5) is 17.0. The Balaban J connectivity index is 1.52. The van der Waals surface area contributed by atoms with Crippen molar-refractivity contribution >= 4 is 16.9 Å². The van der Waals surface area contributed by atoms with Crippen LogP contribution < -0.4 is 5.32 Å². The summed E-state index contributed by atoms with van der Waals surface area (Å²) in [6, 6.07) is 15.4. The van der Waals surface area contributed by atoms with Gasteiger partial charge in [0.05, 0.1) is 24.3 Å². The molecule has 3 heterocycles. The summed E-state index contributed by atoms with van der Waals surface area (Å²) in [6.45, 7) is 4.40. The predicted octanol–water partition coefficient (Wildman–Crippen LogP) is 3.87. The average Bonchev–Trinajstić information content (AvgIpc) is 3.29. The Kier molecular flexibility index (Phi) is 4.46. The molecular weight excluding hydrogens is 340 g/mol. The number of aryl methyl sites for hydroxylation is 1. The molecule has 0 spiro atoms. The van der Waals surface area contributed by atoms with E-state index in [2.05, 4.69) is 15.4 Å². The maximum atomic E-state index is 12.6. The molecule has 1 N–H and O–H groups in total. The van der Waals surface area contributed by atoms with Crippen LogP contribution in [-0.2, 0) is 6.54 Å². The number of hydrogen-bond acceptors (Lipinski definition) is 4. The lowest BCUT2D eigenvalue weighted by molar-refractivity contribution is 0.0935. The van der Waals surface area contributed by atoms with Crippen LogP contribution in [0.15, 0.2) is 65.3 Å². The maximum absolute atomic E-state index is 12.6. The number of furan rings is 1. The van der Waals surface area contributed by atoms with Crippen molar-refractivity contribution in [2.75, 3.05) is 0 Å². The molecule has 3 aromatic heterocycles. The fraction of sp³-hybridized carbons (Fsp3) is 0.190. The quantitative estimate of drug-likeness (QED) is 0.586. The zero-order valence-corrected chi connectivity index (χ0v) is 15.2. The molecule has 1 amide bonds. The molecule has 27 heavy (non-hydrogen) atoms. The number of hydrogen-bond donors (Lipinski definition) is 1. The highest BCUT2D eigenvalue weighted by Gasteiger charge is 2.16. The summed E-state index contributed by atoms with van der Waals surface area (Å²) >= 11 is 0. The lowest BCUT2D eigenvalue weighted by Crippen LogP contribution is -2.26. The zero-order chi connectivity index (χ0) is 18.8. The van der Waals surface area contributed by atoms with Crippen molar-refractivity contribution in [2.24, 2.45) is 0 Å². The SMILES string of the molecule is Cc1ccc(C(C)NC(=O)c2cnc3c(cnn3Cc3ccccc3)c2)o1. The van der Waals surface area contributed by atoms with Gasteiger partial charge in [-0.2, -0.15) is 5.10 Å². The number of fused-ring (bicyclic) bond motifs is 1. The van der Waals surface area contributed by atoms with Gasteiger partial charge in [0.1, 0.15) is 11.5 Å². The van der Waals surface area contributed by atoms with Crippen molar-refractivity contribution in [3.8, 4) is 0 Å². The van der Waals surface area contributed by atoms with E-state index in [0.717, 1.165) is 28.1 Å². The molecule has 0 aliphatic rings. The first-order valence-corrected chi connectivity index (χ1v) is 8.83. The smallest absolute Gasteiger partial charge is 0.253 e. The number of aromatic nitrogens is 3. The third kappa shape index (κ3) is 3.60. The largest absolute Gasteiger partial charge is 0.464 e. The Hall–Kier alpha value is -3.41. The van der Waals surface area contributed by atoms with E-state index < -0.39 is 0 Å². The molecule has 1 atom stereocenters. The summed E-state index contributed by atoms with van der Waals surface area (Å²) in [7, 11) is 0. The van der Waals surface area contributed by atoms with Crippen LogP contribution in [0, 0.1) is 6.92 Å². The number of benzene rings is 1. The van der Waals surface area contributed by atoms with Crippen molar-refractivity contribution in [1.29, 1.82) is 0 Å². The van der Waals surface area contributed by atoms with E-state index in [1.54, 1.807) is 12.4 Å². The third-order valence-electron chi connectivity index (χ3n) is 4.45. The van der Waals surface area contributed by atoms with Crippen LogP contribution in [0.2, 0.25) is 0 Å². The second kappa shape index (κ2) is 7.07. The molecule has 0 fully saturated rings. The zero-order valence-electron chi connectivity index (χ0n) is 15.2. The lowest BCUT2D eigenvalue weighted by atomic mass is 10.2.